The molecular weight excluding hydrogens is 714 g/mol. The number of hydrogen-bond donors (Lipinski definition) is 1. The van der Waals surface area contributed by atoms with E-state index in [-0.39, 0.29) is 59.0 Å². The summed E-state index contributed by atoms with van der Waals surface area (Å²) in [7, 11) is 0. The first-order valence-corrected chi connectivity index (χ1v) is 19.9. The zero-order valence-electron chi connectivity index (χ0n) is 28.8. The maximum atomic E-state index is 14.5. The van der Waals surface area contributed by atoms with Gasteiger partial charge in [-0.15, -0.1) is 0 Å². The van der Waals surface area contributed by atoms with Crippen LogP contribution in [0.15, 0.2) is 22.7 Å². The van der Waals surface area contributed by atoms with Gasteiger partial charge < -0.3 is 19.3 Å². The van der Waals surface area contributed by atoms with Crippen molar-refractivity contribution in [3.05, 3.63) is 22.7 Å². The number of alkyl halides is 6. The van der Waals surface area contributed by atoms with Gasteiger partial charge in [-0.25, -0.2) is 14.7 Å². The van der Waals surface area contributed by atoms with Crippen LogP contribution in [0.3, 0.4) is 0 Å². The van der Waals surface area contributed by atoms with Gasteiger partial charge in [0.05, 0.1) is 12.7 Å². The predicted octanol–water partition coefficient (Wildman–Crippen LogP) is 8.15. The topological polar surface area (TPSA) is 98.5 Å². The summed E-state index contributed by atoms with van der Waals surface area (Å²) in [4.78, 5) is 16.9. The monoisotopic (exact) mass is 763 g/mol. The number of ether oxygens (including phenoxy) is 3. The zero-order chi connectivity index (χ0) is 36.3. The molecule has 3 N–H and O–H groups in total. The Balaban J connectivity index is 1.17. The van der Waals surface area contributed by atoms with Gasteiger partial charge in [-0.3, -0.25) is 5.26 Å². The standard InChI is InChI=1S/C34H48F6O8S2/c1-18-5-8-25(31(46-42)17-43-20(3)7-10-23(18)31)21(27(41)33(35,36)37)15-49-13-14-50-16-22-26-9-6-19(2)24-11-12-30(4)45-29(32(24,26)48-47-30)44-28(22)34(38,39)40/h18-20,23-26,29,41-42H,5-17H2,1-4H3/p+1/b27-21-/t18-,19-,20+,23?,24?,25+,26+,29-,30-,31-,32-/m1/s1. The molecule has 0 aromatic carbocycles. The fourth-order valence-corrected chi connectivity index (χ4v) is 12.0. The molecule has 0 amide bonds. The van der Waals surface area contributed by atoms with Crippen LogP contribution < -0.4 is 0 Å². The Morgan fingerprint density at radius 1 is 0.920 bits per heavy atom. The summed E-state index contributed by atoms with van der Waals surface area (Å²) >= 11 is 2.44. The maximum absolute atomic E-state index is 14.5. The average molecular weight is 764 g/mol. The van der Waals surface area contributed by atoms with Crippen molar-refractivity contribution in [1.29, 1.82) is 0 Å². The molecular formula is C34H49F6O8S2+. The highest BCUT2D eigenvalue weighted by Gasteiger charge is 2.70. The fraction of sp³-hybridized carbons (Fsp3) is 0.882. The molecule has 7 aliphatic rings. The lowest BCUT2D eigenvalue weighted by molar-refractivity contribution is -0.557. The van der Waals surface area contributed by atoms with E-state index in [1.54, 1.807) is 6.92 Å². The Hall–Kier alpha value is -0.880. The second-order valence-electron chi connectivity index (χ2n) is 15.3. The smallest absolute Gasteiger partial charge is 0.500 e. The van der Waals surface area contributed by atoms with Crippen LogP contribution in [0, 0.1) is 35.5 Å². The molecule has 4 saturated heterocycles. The van der Waals surface area contributed by atoms with Crippen molar-refractivity contribution in [2.24, 2.45) is 35.5 Å². The Morgan fingerprint density at radius 2 is 1.62 bits per heavy atom. The Morgan fingerprint density at radius 3 is 2.32 bits per heavy atom. The average Bonchev–Trinajstić information content (AvgIpc) is 3.38. The van der Waals surface area contributed by atoms with E-state index in [0.29, 0.717) is 62.9 Å². The van der Waals surface area contributed by atoms with Crippen molar-refractivity contribution in [3.63, 3.8) is 0 Å². The van der Waals surface area contributed by atoms with Crippen LogP contribution in [0.2, 0.25) is 0 Å². The lowest BCUT2D eigenvalue weighted by Gasteiger charge is -2.57. The van der Waals surface area contributed by atoms with Crippen LogP contribution in [0.4, 0.5) is 26.3 Å². The summed E-state index contributed by atoms with van der Waals surface area (Å²) in [6, 6.07) is 0. The second-order valence-corrected chi connectivity index (χ2v) is 17.5. The minimum Gasteiger partial charge on any atom is -0.590 e. The molecule has 2 unspecified atom stereocenters. The van der Waals surface area contributed by atoms with Gasteiger partial charge in [0.25, 0.3) is 0 Å². The van der Waals surface area contributed by atoms with Gasteiger partial charge in [-0.1, -0.05) is 13.8 Å². The third-order valence-electron chi connectivity index (χ3n) is 12.3. The van der Waals surface area contributed by atoms with Crippen LogP contribution in [0.1, 0.15) is 79.1 Å². The van der Waals surface area contributed by atoms with Crippen LogP contribution in [0.5, 0.6) is 0 Å². The van der Waals surface area contributed by atoms with Gasteiger partial charge in [0.2, 0.25) is 17.8 Å². The molecule has 0 aromatic heterocycles. The summed E-state index contributed by atoms with van der Waals surface area (Å²) in [5, 5.41) is 18.5. The number of hydrogen-bond acceptors (Lipinski definition) is 9. The predicted molar refractivity (Wildman–Crippen MR) is 175 cm³/mol. The highest BCUT2D eigenvalue weighted by molar-refractivity contribution is 8.03. The molecule has 5 aliphatic heterocycles. The van der Waals surface area contributed by atoms with Gasteiger partial charge in [0.1, 0.15) is 5.60 Å². The fourth-order valence-electron chi connectivity index (χ4n) is 9.66. The third-order valence-corrected chi connectivity index (χ3v) is 14.6. The van der Waals surface area contributed by atoms with Crippen molar-refractivity contribution >= 4 is 23.5 Å². The summed E-state index contributed by atoms with van der Waals surface area (Å²) < 4.78 is 104. The molecule has 16 heteroatoms. The Bertz CT molecular complexity index is 1310. The molecule has 7 rings (SSSR count). The van der Waals surface area contributed by atoms with E-state index in [9.17, 15) is 31.6 Å². The SMILES string of the molecule is C[C@@H]1CC[C@H]2C(CSCCSC/C(=C(/[OH2+])C(F)(F)F)[C@@H]3CC[C@@H](C)C4CC[C@H](C)OC[C@@]43OO)=C(C(F)(F)F)O[C@@H]3O[C@@]4(C)CCC1[C@]32OO4. The van der Waals surface area contributed by atoms with Crippen LogP contribution in [-0.4, -0.2) is 81.7 Å². The normalized spacial score (nSPS) is 42.5. The lowest BCUT2D eigenvalue weighted by Crippen LogP contribution is -2.67. The second kappa shape index (κ2) is 14.4. The highest BCUT2D eigenvalue weighted by Crippen LogP contribution is 2.61. The number of thioether (sulfide) groups is 2. The molecule has 5 heterocycles. The largest absolute Gasteiger partial charge is 0.590 e. The van der Waals surface area contributed by atoms with Crippen molar-refractivity contribution in [1.82, 2.24) is 0 Å². The molecule has 2 bridgehead atoms. The zero-order valence-corrected chi connectivity index (χ0v) is 30.4. The van der Waals surface area contributed by atoms with E-state index in [0.717, 1.165) is 0 Å². The maximum Gasteiger partial charge on any atom is 0.500 e. The third kappa shape index (κ3) is 6.95. The molecule has 286 valence electrons. The van der Waals surface area contributed by atoms with Crippen molar-refractivity contribution < 1.29 is 65.6 Å². The summed E-state index contributed by atoms with van der Waals surface area (Å²) in [5.41, 5.74) is -2.69. The molecule has 1 spiro atoms. The molecule has 2 aliphatic carbocycles. The van der Waals surface area contributed by atoms with E-state index < -0.39 is 59.0 Å². The van der Waals surface area contributed by atoms with Gasteiger partial charge in [0.15, 0.2) is 5.60 Å². The molecule has 8 nitrogen and oxygen atoms in total. The number of fused-ring (bicyclic) bond motifs is 3. The number of rotatable bonds is 9. The number of halogens is 6. The molecule has 0 radical (unpaired) electrons. The van der Waals surface area contributed by atoms with Crippen LogP contribution in [0.25, 0.3) is 0 Å². The first-order chi connectivity index (χ1) is 23.5. The molecule has 50 heavy (non-hydrogen) atoms. The van der Waals surface area contributed by atoms with E-state index in [2.05, 4.69) is 6.92 Å². The van der Waals surface area contributed by atoms with Crippen LogP contribution >= 0.6 is 23.5 Å². The quantitative estimate of drug-likeness (QED) is 0.0624. The first-order valence-electron chi connectivity index (χ1n) is 17.6. The van der Waals surface area contributed by atoms with Gasteiger partial charge in [0, 0.05) is 52.8 Å². The van der Waals surface area contributed by atoms with Gasteiger partial charge in [-0.05, 0) is 82.1 Å². The van der Waals surface area contributed by atoms with Crippen molar-refractivity contribution in [3.8, 4) is 0 Å². The Labute approximate surface area is 297 Å². The molecule has 2 saturated carbocycles. The van der Waals surface area contributed by atoms with Crippen molar-refractivity contribution in [2.45, 2.75) is 121 Å². The highest BCUT2D eigenvalue weighted by atomic mass is 32.2. The minimum absolute atomic E-state index is 0.00953. The first kappa shape index (κ1) is 38.8. The van der Waals surface area contributed by atoms with Crippen molar-refractivity contribution in [2.75, 3.05) is 29.6 Å². The van der Waals surface area contributed by atoms with Gasteiger partial charge >= 0.3 is 18.1 Å². The van der Waals surface area contributed by atoms with E-state index in [1.807, 2.05) is 13.8 Å². The van der Waals surface area contributed by atoms with E-state index in [1.165, 1.54) is 23.5 Å². The number of allylic oxidation sites excluding steroid dienone is 2. The Kier molecular flexibility index (Phi) is 11.2. The van der Waals surface area contributed by atoms with Gasteiger partial charge in [-0.2, -0.15) is 49.9 Å². The summed E-state index contributed by atoms with van der Waals surface area (Å²) in [6.07, 6.45) is -6.60. The summed E-state index contributed by atoms with van der Waals surface area (Å²) in [6.45, 7) is 7.52. The molecule has 0 aromatic rings. The van der Waals surface area contributed by atoms with E-state index in [4.69, 9.17) is 34.0 Å². The van der Waals surface area contributed by atoms with Crippen LogP contribution in [-0.2, 0) is 28.9 Å². The molecule has 11 atom stereocenters. The summed E-state index contributed by atoms with van der Waals surface area (Å²) in [5.74, 6) is -4.88. The molecule has 6 fully saturated rings. The minimum atomic E-state index is -4.91. The lowest BCUT2D eigenvalue weighted by atomic mass is 9.59. The van der Waals surface area contributed by atoms with E-state index >= 15 is 0 Å².